The Morgan fingerprint density at radius 3 is 1.75 bits per heavy atom. The fraction of sp³-hybridized carbons (Fsp3) is 0.129. The largest absolute Gasteiger partial charge is 0.748 e. The van der Waals surface area contributed by atoms with Gasteiger partial charge in [0.25, 0.3) is 17.3 Å². The first kappa shape index (κ1) is 39.3. The lowest BCUT2D eigenvalue weighted by Gasteiger charge is -2.11. The molecule has 3 N–H and O–H groups in total. The molecule has 0 aliphatic rings. The van der Waals surface area contributed by atoms with Crippen molar-refractivity contribution in [2.24, 2.45) is 14.1 Å². The van der Waals surface area contributed by atoms with Gasteiger partial charge in [-0.2, -0.15) is 0 Å². The average molecular weight is 742 g/mol. The summed E-state index contributed by atoms with van der Waals surface area (Å²) in [6.07, 6.45) is 6.81. The zero-order valence-corrected chi connectivity index (χ0v) is 29.0. The summed E-state index contributed by atoms with van der Waals surface area (Å²) in [5.41, 5.74) is 3.20. The maximum absolute atomic E-state index is 13.0. The lowest BCUT2D eigenvalue weighted by molar-refractivity contribution is -0.671. The smallest absolute Gasteiger partial charge is 0.284 e. The Hall–Kier alpha value is -6.09. The minimum atomic E-state index is -3.92. The summed E-state index contributed by atoms with van der Waals surface area (Å²) in [6.45, 7) is 0. The number of pyridine rings is 2. The van der Waals surface area contributed by atoms with Crippen LogP contribution in [0.2, 0.25) is 0 Å². The molecule has 0 saturated heterocycles. The van der Waals surface area contributed by atoms with E-state index in [2.05, 4.69) is 16.0 Å². The number of non-ortho nitro benzene ring substituents is 1. The van der Waals surface area contributed by atoms with E-state index in [1.807, 2.05) is 47.8 Å². The number of fused-ring (bicyclic) bond motifs is 1. The van der Waals surface area contributed by atoms with Crippen molar-refractivity contribution in [3.8, 4) is 0 Å². The summed E-state index contributed by atoms with van der Waals surface area (Å²) in [5.74, 6) is -0.632. The number of anilines is 5. The van der Waals surface area contributed by atoms with Gasteiger partial charge in [-0.1, -0.05) is 0 Å². The molecular weight excluding hydrogens is 711 g/mol. The zero-order valence-electron chi connectivity index (χ0n) is 27.3. The predicted octanol–water partition coefficient (Wildman–Crippen LogP) is 3.37. The molecule has 3 aromatic carbocycles. The van der Waals surface area contributed by atoms with Gasteiger partial charge >= 0.3 is 0 Å². The van der Waals surface area contributed by atoms with E-state index in [0.29, 0.717) is 35.0 Å². The van der Waals surface area contributed by atoms with E-state index in [1.165, 1.54) is 24.3 Å². The van der Waals surface area contributed by atoms with Crippen LogP contribution >= 0.6 is 0 Å². The second-order valence-corrected chi connectivity index (χ2v) is 13.5. The number of hydrogen-bond donors (Lipinski definition) is 3. The second-order valence-electron chi connectivity index (χ2n) is 10.7. The van der Waals surface area contributed by atoms with E-state index in [4.69, 9.17) is 25.9 Å². The monoisotopic (exact) mass is 741 g/mol. The Morgan fingerprint density at radius 1 is 0.667 bits per heavy atom. The number of hydrogen-bond acceptors (Lipinski definition) is 13. The van der Waals surface area contributed by atoms with Gasteiger partial charge in [-0.25, -0.2) is 26.0 Å². The number of benzene rings is 3. The van der Waals surface area contributed by atoms with Gasteiger partial charge in [0.1, 0.15) is 19.7 Å². The summed E-state index contributed by atoms with van der Waals surface area (Å²) >= 11 is 0. The normalized spacial score (nSPS) is 10.9. The van der Waals surface area contributed by atoms with Gasteiger partial charge in [-0.15, -0.1) is 0 Å². The molecule has 51 heavy (non-hydrogen) atoms. The van der Waals surface area contributed by atoms with Crippen LogP contribution in [0.15, 0.2) is 97.5 Å². The van der Waals surface area contributed by atoms with Crippen molar-refractivity contribution in [2.45, 2.75) is 0 Å². The van der Waals surface area contributed by atoms with Crippen LogP contribution in [0.25, 0.3) is 10.9 Å². The Bertz CT molecular complexity index is 2260. The molecule has 0 atom stereocenters. The number of nitrogens with zero attached hydrogens (tertiary/aromatic N) is 4. The van der Waals surface area contributed by atoms with Gasteiger partial charge < -0.3 is 25.1 Å². The Balaban J connectivity index is 0.000000619. The highest BCUT2D eigenvalue weighted by Gasteiger charge is 2.22. The lowest BCUT2D eigenvalue weighted by atomic mass is 10.1. The van der Waals surface area contributed by atoms with Crippen LogP contribution in [0.4, 0.5) is 39.8 Å². The van der Waals surface area contributed by atoms with Gasteiger partial charge in [0.2, 0.25) is 5.52 Å². The van der Waals surface area contributed by atoms with Crippen LogP contribution < -0.4 is 25.1 Å². The number of aryl methyl sites for hydroxylation is 2. The van der Waals surface area contributed by atoms with Crippen molar-refractivity contribution in [1.29, 1.82) is 0 Å². The van der Waals surface area contributed by atoms with E-state index < -0.39 is 36.0 Å². The number of nitrogens with one attached hydrogen (secondary N) is 3. The maximum atomic E-state index is 13.0. The highest BCUT2D eigenvalue weighted by Crippen LogP contribution is 2.31. The highest BCUT2D eigenvalue weighted by molar-refractivity contribution is 7.85. The van der Waals surface area contributed by atoms with E-state index in [1.54, 1.807) is 48.7 Å². The molecular formula is C31H31N7O11S2. The summed E-state index contributed by atoms with van der Waals surface area (Å²) in [4.78, 5) is 35.1. The molecule has 1 amide bonds. The Morgan fingerprint density at radius 2 is 1.20 bits per heavy atom. The van der Waals surface area contributed by atoms with Gasteiger partial charge in [-0.3, -0.25) is 25.0 Å². The standard InChI is InChI=1S/C29H23N7O5.2CH4O3S/c1-33-14-11-21(12-15-33)30-19-3-5-20(6-4-19)32-29(37)24-9-7-22(17-28(24)36(40)41)31-26-13-16-34(2)27-10-8-23(35(38)39)18-25(26)27;2*1-5(2,3)4/h3-18H,1-2H3,(H,32,37);2*1H3,(H,2,3,4). The van der Waals surface area contributed by atoms with E-state index >= 15 is 0 Å². The third-order valence-corrected chi connectivity index (χ3v) is 6.45. The molecule has 5 rings (SSSR count). The molecule has 20 heteroatoms. The lowest BCUT2D eigenvalue weighted by Crippen LogP contribution is -2.28. The average Bonchev–Trinajstić information content (AvgIpc) is 3.02. The minimum absolute atomic E-state index is 0.0807. The quantitative estimate of drug-likeness (QED) is 0.0893. The molecule has 0 saturated carbocycles. The Kier molecular flexibility index (Phi) is 12.8. The molecule has 0 aliphatic heterocycles. The van der Waals surface area contributed by atoms with Crippen molar-refractivity contribution >= 4 is 76.9 Å². The van der Waals surface area contributed by atoms with Crippen molar-refractivity contribution in [3.05, 3.63) is 123 Å². The van der Waals surface area contributed by atoms with Crippen LogP contribution in [0.5, 0.6) is 0 Å². The van der Waals surface area contributed by atoms with Crippen LogP contribution in [0.1, 0.15) is 10.4 Å². The third-order valence-electron chi connectivity index (χ3n) is 6.45. The molecule has 5 aromatic rings. The molecule has 0 unspecified atom stereocenters. The summed E-state index contributed by atoms with van der Waals surface area (Å²) in [5, 5.41) is 32.9. The molecule has 268 valence electrons. The molecule has 18 nitrogen and oxygen atoms in total. The number of nitro groups is 2. The van der Waals surface area contributed by atoms with Gasteiger partial charge in [0.05, 0.1) is 46.8 Å². The second kappa shape index (κ2) is 16.5. The first-order valence-electron chi connectivity index (χ1n) is 14.3. The Labute approximate surface area is 291 Å². The van der Waals surface area contributed by atoms with Gasteiger partial charge in [0, 0.05) is 72.0 Å². The summed E-state index contributed by atoms with van der Waals surface area (Å²) in [6, 6.07) is 21.2. The molecule has 0 bridgehead atoms. The fourth-order valence-corrected chi connectivity index (χ4v) is 4.32. The molecule has 0 aliphatic carbocycles. The van der Waals surface area contributed by atoms with Crippen LogP contribution in [-0.2, 0) is 34.3 Å². The van der Waals surface area contributed by atoms with E-state index in [-0.39, 0.29) is 16.9 Å². The van der Waals surface area contributed by atoms with Crippen LogP contribution in [0, 0.1) is 20.2 Å². The highest BCUT2D eigenvalue weighted by atomic mass is 32.2. The van der Waals surface area contributed by atoms with Crippen molar-refractivity contribution < 1.29 is 49.7 Å². The summed E-state index contributed by atoms with van der Waals surface area (Å²) in [7, 11) is -4.10. The minimum Gasteiger partial charge on any atom is -0.748 e. The van der Waals surface area contributed by atoms with E-state index in [0.717, 1.165) is 16.9 Å². The zero-order chi connectivity index (χ0) is 38.1. The predicted molar refractivity (Wildman–Crippen MR) is 185 cm³/mol. The number of aromatic nitrogens is 2. The third kappa shape index (κ3) is 13.0. The number of nitro benzene ring substituents is 2. The summed E-state index contributed by atoms with van der Waals surface area (Å²) < 4.78 is 58.2. The SMILES string of the molecule is CS(=O)(=O)[O-].CS(=O)(=O)[O-].C[n+]1ccc(Nc2ccc(NC(=O)c3ccc(Nc4cc[n+](C)c5ccc([N+](=O)[O-])cc45)cc3[N+](=O)[O-])cc2)cc1. The fourth-order valence-electron chi connectivity index (χ4n) is 4.32. The topological polar surface area (TPSA) is 262 Å². The molecule has 0 fully saturated rings. The van der Waals surface area contributed by atoms with Gasteiger partial charge in [-0.05, 0) is 36.4 Å². The first-order chi connectivity index (χ1) is 23.7. The van der Waals surface area contributed by atoms with Crippen LogP contribution in [-0.4, -0.2) is 54.2 Å². The number of carbonyl (C=O) groups excluding carboxylic acids is 1. The molecule has 0 spiro atoms. The molecule has 2 heterocycles. The van der Waals surface area contributed by atoms with Crippen molar-refractivity contribution in [2.75, 3.05) is 28.5 Å². The molecule has 0 radical (unpaired) electrons. The van der Waals surface area contributed by atoms with Crippen molar-refractivity contribution in [3.63, 3.8) is 0 Å². The van der Waals surface area contributed by atoms with Gasteiger partial charge in [0.15, 0.2) is 18.6 Å². The number of rotatable bonds is 8. The number of carbonyl (C=O) groups is 1. The van der Waals surface area contributed by atoms with E-state index in [9.17, 15) is 25.0 Å². The number of amides is 1. The molecule has 2 aromatic heterocycles. The maximum Gasteiger partial charge on any atom is 0.284 e. The van der Waals surface area contributed by atoms with Crippen LogP contribution in [0.3, 0.4) is 0 Å². The van der Waals surface area contributed by atoms with Crippen molar-refractivity contribution in [1.82, 2.24) is 0 Å². The first-order valence-corrected chi connectivity index (χ1v) is 17.9.